The molecule has 6 aromatic rings. The number of hydrogen-bond acceptors (Lipinski definition) is 1. The summed E-state index contributed by atoms with van der Waals surface area (Å²) in [6.07, 6.45) is 0. The van der Waals surface area contributed by atoms with E-state index in [4.69, 9.17) is 4.98 Å². The van der Waals surface area contributed by atoms with Crippen molar-refractivity contribution in [3.63, 3.8) is 0 Å². The summed E-state index contributed by atoms with van der Waals surface area (Å²) in [5.41, 5.74) is 9.76. The molecule has 0 spiro atoms. The van der Waals surface area contributed by atoms with Gasteiger partial charge in [-0.15, -0.1) is 0 Å². The third-order valence-electron chi connectivity index (χ3n) is 7.31. The van der Waals surface area contributed by atoms with Crippen LogP contribution >= 0.6 is 0 Å². The molecule has 1 heterocycles. The molecule has 0 unspecified atom stereocenters. The zero-order valence-electron chi connectivity index (χ0n) is 21.9. The molecule has 182 valence electrons. The zero-order valence-corrected chi connectivity index (χ0v) is 21.9. The Morgan fingerprint density at radius 1 is 0.541 bits per heavy atom. The topological polar surface area (TPSA) is 17.8 Å². The van der Waals surface area contributed by atoms with Crippen molar-refractivity contribution in [2.24, 2.45) is 0 Å². The molecule has 0 aliphatic rings. The number of para-hydroxylation sites is 2. The number of fused-ring (bicyclic) bond motifs is 2. The molecule has 0 radical (unpaired) electrons. The summed E-state index contributed by atoms with van der Waals surface area (Å²) in [5, 5.41) is 2.47. The molecule has 0 amide bonds. The van der Waals surface area contributed by atoms with E-state index in [1.807, 2.05) is 0 Å². The van der Waals surface area contributed by atoms with Gasteiger partial charge in [-0.2, -0.15) is 0 Å². The third kappa shape index (κ3) is 4.13. The number of imidazole rings is 1. The second-order valence-electron chi connectivity index (χ2n) is 10.5. The van der Waals surface area contributed by atoms with Crippen LogP contribution in [0.2, 0.25) is 0 Å². The molecule has 0 bridgehead atoms. The molecule has 0 saturated heterocycles. The van der Waals surface area contributed by atoms with Crippen LogP contribution < -0.4 is 0 Å². The van der Waals surface area contributed by atoms with E-state index >= 15 is 0 Å². The van der Waals surface area contributed by atoms with Crippen LogP contribution in [-0.4, -0.2) is 9.55 Å². The van der Waals surface area contributed by atoms with E-state index in [0.29, 0.717) is 11.8 Å². The van der Waals surface area contributed by atoms with E-state index < -0.39 is 0 Å². The van der Waals surface area contributed by atoms with Crippen molar-refractivity contribution in [3.8, 4) is 28.2 Å². The van der Waals surface area contributed by atoms with Crippen molar-refractivity contribution in [2.45, 2.75) is 39.5 Å². The Bertz CT molecular complexity index is 1690. The maximum atomic E-state index is 5.21. The minimum absolute atomic E-state index is 0.349. The van der Waals surface area contributed by atoms with Crippen molar-refractivity contribution in [3.05, 3.63) is 120 Å². The first-order chi connectivity index (χ1) is 18.0. The van der Waals surface area contributed by atoms with Gasteiger partial charge in [0.1, 0.15) is 5.82 Å². The summed E-state index contributed by atoms with van der Waals surface area (Å²) in [6, 6.07) is 39.3. The molecule has 0 aliphatic carbocycles. The Labute approximate surface area is 219 Å². The molecule has 0 N–H and O–H groups in total. The van der Waals surface area contributed by atoms with Crippen molar-refractivity contribution in [2.75, 3.05) is 0 Å². The minimum atomic E-state index is 0.349. The molecule has 6 rings (SSSR count). The molecule has 0 aliphatic heterocycles. The van der Waals surface area contributed by atoms with Gasteiger partial charge >= 0.3 is 0 Å². The van der Waals surface area contributed by atoms with Crippen LogP contribution in [0.15, 0.2) is 109 Å². The van der Waals surface area contributed by atoms with E-state index in [-0.39, 0.29) is 0 Å². The maximum Gasteiger partial charge on any atom is 0.145 e. The molecular weight excluding hydrogens is 448 g/mol. The fraction of sp³-hybridized carbons (Fsp3) is 0.171. The molecule has 2 heteroatoms. The normalized spacial score (nSPS) is 11.7. The van der Waals surface area contributed by atoms with Gasteiger partial charge in [0.2, 0.25) is 0 Å². The smallest absolute Gasteiger partial charge is 0.145 e. The Balaban J connectivity index is 1.69. The predicted octanol–water partition coefficient (Wildman–Crippen LogP) is 9.76. The Morgan fingerprint density at radius 3 is 1.86 bits per heavy atom. The standard InChI is InChI=1S/C35H32N2/c1-23(2)30-21-29(25-12-6-5-7-13-25)22-31(24(3)4)34(30)37-33-17-11-10-16-32(33)36-35(37)28-19-18-26-14-8-9-15-27(26)20-28/h5-24H,1-4H3. The molecule has 0 saturated carbocycles. The third-order valence-corrected chi connectivity index (χ3v) is 7.31. The first-order valence-corrected chi connectivity index (χ1v) is 13.2. The highest BCUT2D eigenvalue weighted by atomic mass is 15.1. The quantitative estimate of drug-likeness (QED) is 0.240. The first-order valence-electron chi connectivity index (χ1n) is 13.2. The van der Waals surface area contributed by atoms with Gasteiger partial charge in [-0.1, -0.05) is 107 Å². The number of hydrogen-bond donors (Lipinski definition) is 0. The molecule has 2 nitrogen and oxygen atoms in total. The van der Waals surface area contributed by atoms with Crippen molar-refractivity contribution in [1.82, 2.24) is 9.55 Å². The molecular formula is C35H32N2. The molecule has 5 aromatic carbocycles. The Kier molecular flexibility index (Phi) is 5.88. The largest absolute Gasteiger partial charge is 0.292 e. The second kappa shape index (κ2) is 9.37. The Morgan fingerprint density at radius 2 is 1.16 bits per heavy atom. The van der Waals surface area contributed by atoms with E-state index in [9.17, 15) is 0 Å². The summed E-state index contributed by atoms with van der Waals surface area (Å²) >= 11 is 0. The summed E-state index contributed by atoms with van der Waals surface area (Å²) in [5.74, 6) is 1.69. The zero-order chi connectivity index (χ0) is 25.5. The highest BCUT2D eigenvalue weighted by molar-refractivity contribution is 5.90. The van der Waals surface area contributed by atoms with E-state index in [2.05, 4.69) is 141 Å². The van der Waals surface area contributed by atoms with E-state index in [1.165, 1.54) is 38.7 Å². The average molecular weight is 481 g/mol. The molecule has 1 aromatic heterocycles. The number of rotatable bonds is 5. The highest BCUT2D eigenvalue weighted by Gasteiger charge is 2.23. The second-order valence-corrected chi connectivity index (χ2v) is 10.5. The summed E-state index contributed by atoms with van der Waals surface area (Å²) < 4.78 is 2.42. The SMILES string of the molecule is CC(C)c1cc(-c2ccccc2)cc(C(C)C)c1-n1c(-c2ccc3ccccc3c2)nc2ccccc21. The summed E-state index contributed by atoms with van der Waals surface area (Å²) in [6.45, 7) is 9.19. The lowest BCUT2D eigenvalue weighted by Gasteiger charge is -2.24. The minimum Gasteiger partial charge on any atom is -0.292 e. The van der Waals surface area contributed by atoms with Crippen LogP contribution in [-0.2, 0) is 0 Å². The number of aromatic nitrogens is 2. The van der Waals surface area contributed by atoms with Gasteiger partial charge in [0.15, 0.2) is 0 Å². The van der Waals surface area contributed by atoms with Crippen LogP contribution in [0.25, 0.3) is 50.0 Å². The van der Waals surface area contributed by atoms with Gasteiger partial charge < -0.3 is 0 Å². The van der Waals surface area contributed by atoms with Crippen LogP contribution in [0.1, 0.15) is 50.7 Å². The van der Waals surface area contributed by atoms with Crippen LogP contribution in [0.3, 0.4) is 0 Å². The van der Waals surface area contributed by atoms with Crippen LogP contribution in [0, 0.1) is 0 Å². The lowest BCUT2D eigenvalue weighted by atomic mass is 9.88. The fourth-order valence-corrected chi connectivity index (χ4v) is 5.39. The Hall–Kier alpha value is -4.17. The fourth-order valence-electron chi connectivity index (χ4n) is 5.39. The number of nitrogens with zero attached hydrogens (tertiary/aromatic N) is 2. The van der Waals surface area contributed by atoms with Gasteiger partial charge in [-0.3, -0.25) is 4.57 Å². The van der Waals surface area contributed by atoms with Crippen molar-refractivity contribution >= 4 is 21.8 Å². The van der Waals surface area contributed by atoms with Gasteiger partial charge in [0.05, 0.1) is 16.7 Å². The molecule has 0 fully saturated rings. The van der Waals surface area contributed by atoms with Gasteiger partial charge in [0.25, 0.3) is 0 Å². The van der Waals surface area contributed by atoms with Gasteiger partial charge in [0, 0.05) is 5.56 Å². The number of benzene rings is 5. The maximum absolute atomic E-state index is 5.21. The average Bonchev–Trinajstić information content (AvgIpc) is 3.31. The monoisotopic (exact) mass is 480 g/mol. The van der Waals surface area contributed by atoms with Gasteiger partial charge in [-0.05, 0) is 75.2 Å². The lowest BCUT2D eigenvalue weighted by Crippen LogP contribution is -2.09. The highest BCUT2D eigenvalue weighted by Crippen LogP contribution is 2.40. The van der Waals surface area contributed by atoms with E-state index in [1.54, 1.807) is 0 Å². The summed E-state index contributed by atoms with van der Waals surface area (Å²) in [7, 11) is 0. The van der Waals surface area contributed by atoms with Gasteiger partial charge in [-0.25, -0.2) is 4.98 Å². The predicted molar refractivity (Wildman–Crippen MR) is 158 cm³/mol. The molecule has 37 heavy (non-hydrogen) atoms. The van der Waals surface area contributed by atoms with Crippen LogP contribution in [0.5, 0.6) is 0 Å². The summed E-state index contributed by atoms with van der Waals surface area (Å²) in [4.78, 5) is 5.21. The van der Waals surface area contributed by atoms with Crippen LogP contribution in [0.4, 0.5) is 0 Å². The van der Waals surface area contributed by atoms with Crippen molar-refractivity contribution in [1.29, 1.82) is 0 Å². The lowest BCUT2D eigenvalue weighted by molar-refractivity contribution is 0.811. The van der Waals surface area contributed by atoms with E-state index in [0.717, 1.165) is 22.4 Å². The van der Waals surface area contributed by atoms with Crippen molar-refractivity contribution < 1.29 is 0 Å². The first kappa shape index (κ1) is 23.2. The molecule has 0 atom stereocenters.